The molecule has 1 atom stereocenters. The molecule has 1 aromatic heterocycles. The van der Waals surface area contributed by atoms with Gasteiger partial charge in [-0.05, 0) is 55.2 Å². The van der Waals surface area contributed by atoms with E-state index in [9.17, 15) is 4.39 Å². The Hall–Kier alpha value is -1.33. The molecule has 0 aliphatic heterocycles. The summed E-state index contributed by atoms with van der Waals surface area (Å²) in [4.78, 5) is 0. The molecule has 0 amide bonds. The molecule has 1 aromatic carbocycles. The zero-order valence-corrected chi connectivity index (χ0v) is 10.6. The third kappa shape index (κ3) is 2.87. The highest BCUT2D eigenvalue weighted by molar-refractivity contribution is 7.03. The Bertz CT molecular complexity index is 485. The van der Waals surface area contributed by atoms with Crippen molar-refractivity contribution in [3.8, 4) is 0 Å². The van der Waals surface area contributed by atoms with Crippen LogP contribution in [0.4, 0.5) is 4.39 Å². The molecule has 90 valence electrons. The average Bonchev–Trinajstić information content (AvgIpc) is 2.84. The van der Waals surface area contributed by atoms with Gasteiger partial charge in [0, 0.05) is 5.38 Å². The zero-order valence-electron chi connectivity index (χ0n) is 9.77. The number of aromatic nitrogens is 2. The van der Waals surface area contributed by atoms with E-state index in [1.165, 1.54) is 17.6 Å². The number of halogens is 1. The van der Waals surface area contributed by atoms with Crippen LogP contribution in [0.25, 0.3) is 0 Å². The average molecular weight is 251 g/mol. The predicted octanol–water partition coefficient (Wildman–Crippen LogP) is 2.49. The Morgan fingerprint density at radius 1 is 1.47 bits per heavy atom. The summed E-state index contributed by atoms with van der Waals surface area (Å²) in [6.45, 7) is 1.99. The summed E-state index contributed by atoms with van der Waals surface area (Å²) in [6.07, 6.45) is 0.714. The summed E-state index contributed by atoms with van der Waals surface area (Å²) in [7, 11) is 1.87. The highest BCUT2D eigenvalue weighted by Gasteiger charge is 2.14. The second-order valence-corrected chi connectivity index (χ2v) is 4.56. The van der Waals surface area contributed by atoms with Gasteiger partial charge in [-0.3, -0.25) is 0 Å². The Labute approximate surface area is 104 Å². The van der Waals surface area contributed by atoms with Gasteiger partial charge in [0.25, 0.3) is 0 Å². The van der Waals surface area contributed by atoms with Gasteiger partial charge in [0.1, 0.15) is 5.82 Å². The molecule has 3 nitrogen and oxygen atoms in total. The third-order valence-electron chi connectivity index (χ3n) is 2.82. The maximum atomic E-state index is 13.2. The van der Waals surface area contributed by atoms with E-state index in [0.717, 1.165) is 16.8 Å². The maximum absolute atomic E-state index is 13.2. The molecule has 1 heterocycles. The standard InChI is InChI=1S/C12H14FN3S/c1-8-3-4-10(13)5-9(8)6-11(14-2)12-7-17-16-15-12/h3-5,7,11,14H,6H2,1-2H3. The minimum Gasteiger partial charge on any atom is -0.311 e. The minimum absolute atomic E-state index is 0.0780. The van der Waals surface area contributed by atoms with E-state index in [4.69, 9.17) is 0 Å². The number of likely N-dealkylation sites (N-methyl/N-ethyl adjacent to an activating group) is 1. The van der Waals surface area contributed by atoms with E-state index in [-0.39, 0.29) is 11.9 Å². The van der Waals surface area contributed by atoms with Crippen molar-refractivity contribution in [3.63, 3.8) is 0 Å². The topological polar surface area (TPSA) is 37.8 Å². The number of nitrogens with zero attached hydrogens (tertiary/aromatic N) is 2. The molecule has 1 N–H and O–H groups in total. The van der Waals surface area contributed by atoms with Gasteiger partial charge < -0.3 is 5.32 Å². The first kappa shape index (κ1) is 12.1. The van der Waals surface area contributed by atoms with E-state index < -0.39 is 0 Å². The molecule has 2 aromatic rings. The van der Waals surface area contributed by atoms with Crippen LogP contribution in [0.3, 0.4) is 0 Å². The largest absolute Gasteiger partial charge is 0.311 e. The normalized spacial score (nSPS) is 12.6. The first-order valence-electron chi connectivity index (χ1n) is 5.40. The Kier molecular flexibility index (Phi) is 3.81. The highest BCUT2D eigenvalue weighted by Crippen LogP contribution is 2.20. The van der Waals surface area contributed by atoms with Gasteiger partial charge in [0.2, 0.25) is 0 Å². The van der Waals surface area contributed by atoms with Crippen molar-refractivity contribution in [1.29, 1.82) is 0 Å². The number of nitrogens with one attached hydrogen (secondary N) is 1. The van der Waals surface area contributed by atoms with E-state index in [1.54, 1.807) is 12.1 Å². The summed E-state index contributed by atoms with van der Waals surface area (Å²) in [5.41, 5.74) is 2.99. The molecule has 2 rings (SSSR count). The number of hydrogen-bond acceptors (Lipinski definition) is 4. The quantitative estimate of drug-likeness (QED) is 0.907. The number of benzene rings is 1. The summed E-state index contributed by atoms with van der Waals surface area (Å²) in [5.74, 6) is -0.197. The highest BCUT2D eigenvalue weighted by atomic mass is 32.1. The molecule has 0 fully saturated rings. The molecular weight excluding hydrogens is 237 g/mol. The molecule has 5 heteroatoms. The van der Waals surface area contributed by atoms with Gasteiger partial charge in [-0.15, -0.1) is 5.10 Å². The van der Waals surface area contributed by atoms with Crippen LogP contribution in [0, 0.1) is 12.7 Å². The first-order chi connectivity index (χ1) is 8.20. The molecule has 0 saturated heterocycles. The van der Waals surface area contributed by atoms with E-state index >= 15 is 0 Å². The fourth-order valence-electron chi connectivity index (χ4n) is 1.76. The number of aryl methyl sites for hydroxylation is 1. The molecule has 0 bridgehead atoms. The predicted molar refractivity (Wildman–Crippen MR) is 66.6 cm³/mol. The van der Waals surface area contributed by atoms with Gasteiger partial charge in [0.05, 0.1) is 11.7 Å². The van der Waals surface area contributed by atoms with Gasteiger partial charge in [0.15, 0.2) is 0 Å². The smallest absolute Gasteiger partial charge is 0.123 e. The summed E-state index contributed by atoms with van der Waals surface area (Å²) in [6, 6.07) is 4.95. The van der Waals surface area contributed by atoms with Crippen molar-refractivity contribution >= 4 is 11.5 Å². The maximum Gasteiger partial charge on any atom is 0.123 e. The molecule has 1 unspecified atom stereocenters. The van der Waals surface area contributed by atoms with Crippen molar-refractivity contribution in [2.45, 2.75) is 19.4 Å². The van der Waals surface area contributed by atoms with Gasteiger partial charge in [-0.1, -0.05) is 10.6 Å². The first-order valence-corrected chi connectivity index (χ1v) is 6.23. The van der Waals surface area contributed by atoms with Crippen LogP contribution in [-0.2, 0) is 6.42 Å². The van der Waals surface area contributed by atoms with Gasteiger partial charge >= 0.3 is 0 Å². The van der Waals surface area contributed by atoms with Crippen molar-refractivity contribution < 1.29 is 4.39 Å². The summed E-state index contributed by atoms with van der Waals surface area (Å²) >= 11 is 1.33. The lowest BCUT2D eigenvalue weighted by molar-refractivity contribution is 0.567. The van der Waals surface area contributed by atoms with Crippen LogP contribution >= 0.6 is 11.5 Å². The van der Waals surface area contributed by atoms with Gasteiger partial charge in [-0.2, -0.15) is 0 Å². The zero-order chi connectivity index (χ0) is 12.3. The molecule has 0 aliphatic carbocycles. The van der Waals surface area contributed by atoms with Crippen LogP contribution in [0.2, 0.25) is 0 Å². The third-order valence-corrected chi connectivity index (χ3v) is 3.34. The fraction of sp³-hybridized carbons (Fsp3) is 0.333. The van der Waals surface area contributed by atoms with Crippen molar-refractivity contribution in [2.24, 2.45) is 0 Å². The second kappa shape index (κ2) is 5.33. The molecule has 0 saturated carbocycles. The van der Waals surface area contributed by atoms with Gasteiger partial charge in [-0.25, -0.2) is 4.39 Å². The lowest BCUT2D eigenvalue weighted by Crippen LogP contribution is -2.19. The van der Waals surface area contributed by atoms with Crippen molar-refractivity contribution in [3.05, 3.63) is 46.2 Å². The van der Waals surface area contributed by atoms with Crippen LogP contribution in [-0.4, -0.2) is 16.6 Å². The molecular formula is C12H14FN3S. The lowest BCUT2D eigenvalue weighted by Gasteiger charge is -2.14. The van der Waals surface area contributed by atoms with Crippen LogP contribution < -0.4 is 5.32 Å². The van der Waals surface area contributed by atoms with Crippen LogP contribution in [0.1, 0.15) is 22.9 Å². The number of rotatable bonds is 4. The van der Waals surface area contributed by atoms with Crippen LogP contribution in [0.15, 0.2) is 23.6 Å². The van der Waals surface area contributed by atoms with Crippen LogP contribution in [0.5, 0.6) is 0 Å². The monoisotopic (exact) mass is 251 g/mol. The van der Waals surface area contributed by atoms with Crippen molar-refractivity contribution in [2.75, 3.05) is 7.05 Å². The summed E-state index contributed by atoms with van der Waals surface area (Å²) in [5, 5.41) is 9.14. The Morgan fingerprint density at radius 2 is 2.29 bits per heavy atom. The fourth-order valence-corrected chi connectivity index (χ4v) is 2.27. The van der Waals surface area contributed by atoms with E-state index in [2.05, 4.69) is 14.9 Å². The number of hydrogen-bond donors (Lipinski definition) is 1. The van der Waals surface area contributed by atoms with Crippen molar-refractivity contribution in [1.82, 2.24) is 14.9 Å². The lowest BCUT2D eigenvalue weighted by atomic mass is 9.99. The molecule has 0 spiro atoms. The Balaban J connectivity index is 2.21. The SMILES string of the molecule is CNC(Cc1cc(F)ccc1C)c1csnn1. The molecule has 0 radical (unpaired) electrons. The molecule has 0 aliphatic rings. The second-order valence-electron chi connectivity index (χ2n) is 3.95. The van der Waals surface area contributed by atoms with E-state index in [1.807, 2.05) is 19.4 Å². The molecule has 17 heavy (non-hydrogen) atoms. The minimum atomic E-state index is -0.197. The van der Waals surface area contributed by atoms with E-state index in [0.29, 0.717) is 6.42 Å². The summed E-state index contributed by atoms with van der Waals surface area (Å²) < 4.78 is 17.0. The Morgan fingerprint density at radius 3 is 2.94 bits per heavy atom.